The lowest BCUT2D eigenvalue weighted by molar-refractivity contribution is -0.149. The number of aromatic nitrogens is 4. The molecule has 13 heteroatoms. The Morgan fingerprint density at radius 2 is 1.75 bits per heavy atom. The highest BCUT2D eigenvalue weighted by molar-refractivity contribution is 6.04. The third-order valence-electron chi connectivity index (χ3n) is 7.38. The molecule has 4 rings (SSSR count). The van der Waals surface area contributed by atoms with Crippen LogP contribution in [0.25, 0.3) is 16.6 Å². The number of fused-ring (bicyclic) bond motifs is 1. The Kier molecular flexibility index (Phi) is 11.7. The van der Waals surface area contributed by atoms with E-state index in [-0.39, 0.29) is 17.8 Å². The summed E-state index contributed by atoms with van der Waals surface area (Å²) in [5, 5.41) is 3.44. The fourth-order valence-corrected chi connectivity index (χ4v) is 5.05. The number of ether oxygens (including phenoxy) is 4. The Morgan fingerprint density at radius 1 is 1.02 bits per heavy atom. The van der Waals surface area contributed by atoms with Gasteiger partial charge in [-0.05, 0) is 57.0 Å². The van der Waals surface area contributed by atoms with Gasteiger partial charge in [-0.25, -0.2) is 9.67 Å². The molecule has 2 atom stereocenters. The van der Waals surface area contributed by atoms with Gasteiger partial charge in [0.25, 0.3) is 11.5 Å². The zero-order valence-corrected chi connectivity index (χ0v) is 28.3. The molecular formula is C35H42N6O7. The molecule has 0 aliphatic rings. The van der Waals surface area contributed by atoms with E-state index < -0.39 is 29.6 Å². The number of esters is 1. The first-order valence-corrected chi connectivity index (χ1v) is 15.6. The van der Waals surface area contributed by atoms with E-state index in [9.17, 15) is 14.4 Å². The molecule has 3 N–H and O–H groups in total. The van der Waals surface area contributed by atoms with E-state index in [4.69, 9.17) is 24.7 Å². The molecule has 48 heavy (non-hydrogen) atoms. The number of nitrogens with one attached hydrogen (secondary N) is 1. The SMILES string of the molecule is CC/C=C\C(=C/CC)n1c(=O)c(C(=O)Nc2ccc(Oc3ccnc4cc(OC)c(OC)cc34)cn2)c(CC(C)OC(=O)C(C)N)n1C. The van der Waals surface area contributed by atoms with Crippen molar-refractivity contribution in [1.29, 1.82) is 0 Å². The van der Waals surface area contributed by atoms with Crippen molar-refractivity contribution in [2.45, 2.75) is 59.1 Å². The minimum atomic E-state index is -0.816. The molecule has 1 amide bonds. The molecule has 4 aromatic rings. The maximum absolute atomic E-state index is 13.9. The lowest BCUT2D eigenvalue weighted by Gasteiger charge is -2.17. The number of nitrogens with zero attached hydrogens (tertiary/aromatic N) is 4. The van der Waals surface area contributed by atoms with Crippen molar-refractivity contribution in [3.05, 3.63) is 82.6 Å². The number of carbonyl (C=O) groups is 2. The highest BCUT2D eigenvalue weighted by atomic mass is 16.5. The first-order chi connectivity index (χ1) is 23.0. The third kappa shape index (κ3) is 7.92. The van der Waals surface area contributed by atoms with Crippen LogP contribution in [-0.4, -0.2) is 57.6 Å². The number of amides is 1. The highest BCUT2D eigenvalue weighted by Crippen LogP contribution is 2.36. The summed E-state index contributed by atoms with van der Waals surface area (Å²) in [5.74, 6) is 0.943. The van der Waals surface area contributed by atoms with Gasteiger partial charge in [-0.3, -0.25) is 24.0 Å². The van der Waals surface area contributed by atoms with Gasteiger partial charge in [-0.2, -0.15) is 0 Å². The molecule has 0 saturated carbocycles. The first kappa shape index (κ1) is 35.4. The predicted octanol–water partition coefficient (Wildman–Crippen LogP) is 5.23. The van der Waals surface area contributed by atoms with Crippen molar-refractivity contribution in [1.82, 2.24) is 19.3 Å². The van der Waals surface area contributed by atoms with Crippen molar-refractivity contribution in [3.63, 3.8) is 0 Å². The Labute approximate surface area is 279 Å². The van der Waals surface area contributed by atoms with E-state index in [0.29, 0.717) is 51.7 Å². The van der Waals surface area contributed by atoms with Gasteiger partial charge in [0.1, 0.15) is 35.0 Å². The fraction of sp³-hybridized carbons (Fsp3) is 0.343. The standard InChI is InChI=1S/C35H42N6O7/c1-8-10-12-23(11-9-2)41-34(43)32(27(40(41)5)17-21(3)47-35(44)22(4)36)33(42)39-31-14-13-24(20-38-31)48-28-15-16-37-26-19-30(46-7)29(45-6)18-25(26)28/h10-16,18-22H,8-9,17,36H2,1-7H3,(H,38,39,42)/b12-10-,23-11+. The van der Waals surface area contributed by atoms with E-state index in [1.165, 1.54) is 17.8 Å². The summed E-state index contributed by atoms with van der Waals surface area (Å²) < 4.78 is 25.4. The van der Waals surface area contributed by atoms with Crippen LogP contribution in [0.2, 0.25) is 0 Å². The average Bonchev–Trinajstić information content (AvgIpc) is 3.31. The number of benzene rings is 1. The van der Waals surface area contributed by atoms with Crippen molar-refractivity contribution < 1.29 is 28.5 Å². The van der Waals surface area contributed by atoms with Crippen LogP contribution in [0, 0.1) is 0 Å². The smallest absolute Gasteiger partial charge is 0.322 e. The summed E-state index contributed by atoms with van der Waals surface area (Å²) in [4.78, 5) is 48.6. The van der Waals surface area contributed by atoms with Gasteiger partial charge in [0.15, 0.2) is 11.5 Å². The van der Waals surface area contributed by atoms with Gasteiger partial charge in [0.2, 0.25) is 0 Å². The van der Waals surface area contributed by atoms with Crippen LogP contribution in [0.4, 0.5) is 5.82 Å². The van der Waals surface area contributed by atoms with Crippen LogP contribution in [0.15, 0.2) is 65.7 Å². The van der Waals surface area contributed by atoms with E-state index in [0.717, 1.165) is 6.42 Å². The molecule has 2 unspecified atom stereocenters. The van der Waals surface area contributed by atoms with Gasteiger partial charge in [0.05, 0.1) is 37.3 Å². The minimum Gasteiger partial charge on any atom is -0.493 e. The summed E-state index contributed by atoms with van der Waals surface area (Å²) in [5.41, 5.74) is 6.71. The maximum Gasteiger partial charge on any atom is 0.322 e. The van der Waals surface area contributed by atoms with Crippen LogP contribution in [-0.2, 0) is 23.0 Å². The normalized spacial score (nSPS) is 13.0. The lowest BCUT2D eigenvalue weighted by atomic mass is 10.1. The Morgan fingerprint density at radius 3 is 2.38 bits per heavy atom. The number of allylic oxidation sites excluding steroid dienone is 4. The van der Waals surface area contributed by atoms with Gasteiger partial charge in [0, 0.05) is 31.1 Å². The lowest BCUT2D eigenvalue weighted by Crippen LogP contribution is -2.32. The zero-order chi connectivity index (χ0) is 35.0. The molecule has 3 heterocycles. The van der Waals surface area contributed by atoms with Crippen molar-refractivity contribution in [2.75, 3.05) is 19.5 Å². The number of nitrogens with two attached hydrogens (primary N) is 1. The Bertz CT molecular complexity index is 1890. The summed E-state index contributed by atoms with van der Waals surface area (Å²) in [6.45, 7) is 7.16. The van der Waals surface area contributed by atoms with Gasteiger partial charge in [-0.15, -0.1) is 0 Å². The van der Waals surface area contributed by atoms with E-state index in [1.54, 1.807) is 69.4 Å². The number of pyridine rings is 2. The second-order valence-corrected chi connectivity index (χ2v) is 11.0. The maximum atomic E-state index is 13.9. The number of rotatable bonds is 14. The highest BCUT2D eigenvalue weighted by Gasteiger charge is 2.28. The Balaban J connectivity index is 1.64. The number of carbonyl (C=O) groups excluding carboxylic acids is 2. The molecule has 0 bridgehead atoms. The first-order valence-electron chi connectivity index (χ1n) is 15.6. The summed E-state index contributed by atoms with van der Waals surface area (Å²) in [6, 6.07) is 7.65. The van der Waals surface area contributed by atoms with Gasteiger partial charge >= 0.3 is 5.97 Å². The zero-order valence-electron chi connectivity index (χ0n) is 28.3. The van der Waals surface area contributed by atoms with Crippen molar-refractivity contribution in [2.24, 2.45) is 12.8 Å². The third-order valence-corrected chi connectivity index (χ3v) is 7.38. The number of hydrogen-bond donors (Lipinski definition) is 2. The monoisotopic (exact) mass is 658 g/mol. The van der Waals surface area contributed by atoms with Crippen LogP contribution >= 0.6 is 0 Å². The Hall–Kier alpha value is -5.43. The molecule has 1 aromatic carbocycles. The molecule has 0 aliphatic heterocycles. The molecule has 0 radical (unpaired) electrons. The van der Waals surface area contributed by atoms with Crippen LogP contribution in [0.3, 0.4) is 0 Å². The second kappa shape index (κ2) is 15.9. The fourth-order valence-electron chi connectivity index (χ4n) is 5.05. The van der Waals surface area contributed by atoms with Crippen molar-refractivity contribution in [3.8, 4) is 23.0 Å². The average molecular weight is 659 g/mol. The molecule has 13 nitrogen and oxygen atoms in total. The molecule has 254 valence electrons. The number of anilines is 1. The number of methoxy groups -OCH3 is 2. The van der Waals surface area contributed by atoms with E-state index >= 15 is 0 Å². The van der Waals surface area contributed by atoms with Crippen LogP contribution in [0.1, 0.15) is 56.6 Å². The van der Waals surface area contributed by atoms with E-state index in [1.807, 2.05) is 32.1 Å². The molecule has 0 aliphatic carbocycles. The largest absolute Gasteiger partial charge is 0.493 e. The second-order valence-electron chi connectivity index (χ2n) is 11.0. The van der Waals surface area contributed by atoms with Gasteiger partial charge in [-0.1, -0.05) is 26.0 Å². The summed E-state index contributed by atoms with van der Waals surface area (Å²) >= 11 is 0. The van der Waals surface area contributed by atoms with Crippen LogP contribution < -0.4 is 30.8 Å². The van der Waals surface area contributed by atoms with Crippen molar-refractivity contribution >= 4 is 34.3 Å². The molecule has 0 spiro atoms. The summed E-state index contributed by atoms with van der Waals surface area (Å²) in [7, 11) is 4.79. The summed E-state index contributed by atoms with van der Waals surface area (Å²) in [6.07, 6.45) is 9.60. The molecule has 0 saturated heterocycles. The minimum absolute atomic E-state index is 0.0909. The van der Waals surface area contributed by atoms with E-state index in [2.05, 4.69) is 15.3 Å². The van der Waals surface area contributed by atoms with Gasteiger partial charge < -0.3 is 30.0 Å². The molecule has 0 fully saturated rings. The topological polar surface area (TPSA) is 162 Å². The quantitative estimate of drug-likeness (QED) is 0.136. The molecule has 3 aromatic heterocycles. The number of hydrogen-bond acceptors (Lipinski definition) is 10. The molecular weight excluding hydrogens is 616 g/mol. The predicted molar refractivity (Wildman–Crippen MR) is 184 cm³/mol. The van der Waals surface area contributed by atoms with Crippen LogP contribution in [0.5, 0.6) is 23.0 Å².